The molecule has 0 unspecified atom stereocenters. The molecule has 0 aliphatic carbocycles. The fraction of sp³-hybridized carbons (Fsp3) is 0.350. The first-order chi connectivity index (χ1) is 13.6. The van der Waals surface area contributed by atoms with E-state index in [0.29, 0.717) is 22.6 Å². The van der Waals surface area contributed by atoms with Crippen molar-refractivity contribution in [3.63, 3.8) is 0 Å². The summed E-state index contributed by atoms with van der Waals surface area (Å²) in [6, 6.07) is 13.1. The maximum Gasteiger partial charge on any atom is 0.260 e. The Hall–Kier alpha value is -2.49. The van der Waals surface area contributed by atoms with E-state index in [1.165, 1.54) is 14.2 Å². The number of hydrogen-bond donors (Lipinski definition) is 2. The van der Waals surface area contributed by atoms with Crippen LogP contribution in [0.4, 0.5) is 0 Å². The number of aliphatic hydroxyl groups excluding tert-OH is 1. The van der Waals surface area contributed by atoms with Crippen LogP contribution in [0.25, 0.3) is 0 Å². The Bertz CT molecular complexity index is 723. The van der Waals surface area contributed by atoms with Crippen LogP contribution in [0.1, 0.15) is 15.9 Å². The molecule has 0 saturated heterocycles. The van der Waals surface area contributed by atoms with Gasteiger partial charge in [-0.3, -0.25) is 10.1 Å². The summed E-state index contributed by atoms with van der Waals surface area (Å²) in [5, 5.41) is 17.1. The Morgan fingerprint density at radius 3 is 1.89 bits per heavy atom. The number of hydrogen-bond acceptors (Lipinski definition) is 8. The highest BCUT2D eigenvalue weighted by Gasteiger charge is 2.41. The van der Waals surface area contributed by atoms with E-state index in [1.54, 1.807) is 48.5 Å². The first-order valence-corrected chi connectivity index (χ1v) is 8.59. The smallest absolute Gasteiger partial charge is 0.260 e. The van der Waals surface area contributed by atoms with Gasteiger partial charge in [-0.2, -0.15) is 0 Å². The number of ketones is 1. The minimum atomic E-state index is -1.62. The third kappa shape index (κ3) is 5.06. The number of ether oxygens (including phenoxy) is 4. The molecule has 0 heterocycles. The second-order valence-electron chi connectivity index (χ2n) is 5.66. The summed E-state index contributed by atoms with van der Waals surface area (Å²) in [5.41, 5.74) is 0.870. The van der Waals surface area contributed by atoms with Crippen LogP contribution in [-0.4, -0.2) is 56.8 Å². The molecule has 0 atom stereocenters. The largest absolute Gasteiger partial charge is 0.491 e. The van der Waals surface area contributed by atoms with Crippen LogP contribution in [0.2, 0.25) is 0 Å². The predicted molar refractivity (Wildman–Crippen MR) is 99.6 cm³/mol. The maximum absolute atomic E-state index is 13.1. The lowest BCUT2D eigenvalue weighted by Gasteiger charge is -2.30. The molecule has 152 valence electrons. The van der Waals surface area contributed by atoms with Crippen LogP contribution in [0.5, 0.6) is 11.5 Å². The molecule has 2 N–H and O–H groups in total. The number of benzene rings is 2. The fourth-order valence-electron chi connectivity index (χ4n) is 2.66. The lowest BCUT2D eigenvalue weighted by atomic mass is 9.95. The van der Waals surface area contributed by atoms with Crippen molar-refractivity contribution in [3.8, 4) is 11.5 Å². The first-order valence-electron chi connectivity index (χ1n) is 8.59. The molecular formula is C20H24O8. The van der Waals surface area contributed by atoms with Gasteiger partial charge in [-0.25, -0.2) is 4.89 Å². The van der Waals surface area contributed by atoms with E-state index in [2.05, 4.69) is 4.89 Å². The molecule has 28 heavy (non-hydrogen) atoms. The fourth-order valence-corrected chi connectivity index (χ4v) is 2.66. The molecule has 0 aliphatic rings. The molecule has 2 rings (SSSR count). The van der Waals surface area contributed by atoms with E-state index in [9.17, 15) is 4.79 Å². The second kappa shape index (κ2) is 10.7. The predicted octanol–water partition coefficient (Wildman–Crippen LogP) is 2.25. The maximum atomic E-state index is 13.1. The minimum Gasteiger partial charge on any atom is -0.491 e. The molecular weight excluding hydrogens is 368 g/mol. The van der Waals surface area contributed by atoms with Crippen LogP contribution in [0, 0.1) is 0 Å². The zero-order valence-electron chi connectivity index (χ0n) is 15.8. The standard InChI is InChI=1S/C20H24O8/c1-24-20(25-2,16-5-9-18(10-6-16)27-13-14-28-23)19(22)15-3-7-17(8-4-15)26-12-11-21/h3-10,21,23H,11-14H2,1-2H3. The van der Waals surface area contributed by atoms with Crippen molar-refractivity contribution in [2.75, 3.05) is 40.6 Å². The third-order valence-electron chi connectivity index (χ3n) is 4.03. The Morgan fingerprint density at radius 1 is 0.857 bits per heavy atom. The highest BCUT2D eigenvalue weighted by Crippen LogP contribution is 2.32. The molecule has 8 heteroatoms. The monoisotopic (exact) mass is 392 g/mol. The summed E-state index contributed by atoms with van der Waals surface area (Å²) in [6.45, 7) is 0.299. The second-order valence-corrected chi connectivity index (χ2v) is 5.66. The summed E-state index contributed by atoms with van der Waals surface area (Å²) in [6.07, 6.45) is 0. The molecule has 0 radical (unpaired) electrons. The van der Waals surface area contributed by atoms with Crippen LogP contribution < -0.4 is 9.47 Å². The molecule has 0 saturated carbocycles. The zero-order chi connectivity index (χ0) is 20.4. The summed E-state index contributed by atoms with van der Waals surface area (Å²) in [4.78, 5) is 17.1. The van der Waals surface area contributed by atoms with Crippen molar-refractivity contribution in [2.24, 2.45) is 0 Å². The molecule has 0 amide bonds. The van der Waals surface area contributed by atoms with E-state index in [-0.39, 0.29) is 32.2 Å². The van der Waals surface area contributed by atoms with Gasteiger partial charge in [-0.15, -0.1) is 0 Å². The zero-order valence-corrected chi connectivity index (χ0v) is 15.8. The van der Waals surface area contributed by atoms with Crippen molar-refractivity contribution < 1.29 is 39.0 Å². The third-order valence-corrected chi connectivity index (χ3v) is 4.03. The number of carbonyl (C=O) groups excluding carboxylic acids is 1. The first kappa shape index (κ1) is 21.8. The van der Waals surface area contributed by atoms with Gasteiger partial charge in [-0.05, 0) is 48.5 Å². The van der Waals surface area contributed by atoms with Gasteiger partial charge in [-0.1, -0.05) is 0 Å². The van der Waals surface area contributed by atoms with Crippen LogP contribution in [-0.2, 0) is 20.1 Å². The molecule has 8 nitrogen and oxygen atoms in total. The van der Waals surface area contributed by atoms with Crippen LogP contribution in [0.15, 0.2) is 48.5 Å². The molecule has 2 aromatic rings. The molecule has 0 fully saturated rings. The van der Waals surface area contributed by atoms with Gasteiger partial charge in [0.05, 0.1) is 6.61 Å². The lowest BCUT2D eigenvalue weighted by molar-refractivity contribution is -0.245. The van der Waals surface area contributed by atoms with E-state index in [1.807, 2.05) is 0 Å². The average molecular weight is 392 g/mol. The molecule has 0 bridgehead atoms. The van der Waals surface area contributed by atoms with Gasteiger partial charge in [0.2, 0.25) is 5.78 Å². The van der Waals surface area contributed by atoms with Crippen LogP contribution in [0.3, 0.4) is 0 Å². The minimum absolute atomic E-state index is 0.0400. The Morgan fingerprint density at radius 2 is 1.39 bits per heavy atom. The number of rotatable bonds is 12. The molecule has 0 aliphatic heterocycles. The average Bonchev–Trinajstić information content (AvgIpc) is 2.75. The van der Waals surface area contributed by atoms with E-state index >= 15 is 0 Å². The van der Waals surface area contributed by atoms with Gasteiger partial charge in [0.15, 0.2) is 0 Å². The molecule has 0 spiro atoms. The van der Waals surface area contributed by atoms with E-state index in [4.69, 9.17) is 29.3 Å². The number of Topliss-reactive ketones (excluding diaryl/α,β-unsaturated/α-hetero) is 1. The van der Waals surface area contributed by atoms with Gasteiger partial charge in [0.1, 0.15) is 31.3 Å². The van der Waals surface area contributed by atoms with Gasteiger partial charge in [0, 0.05) is 25.3 Å². The van der Waals surface area contributed by atoms with E-state index < -0.39 is 5.79 Å². The van der Waals surface area contributed by atoms with E-state index in [0.717, 1.165) is 0 Å². The molecule has 0 aromatic heterocycles. The highest BCUT2D eigenvalue weighted by atomic mass is 17.1. The number of methoxy groups -OCH3 is 2. The lowest BCUT2D eigenvalue weighted by Crippen LogP contribution is -2.40. The van der Waals surface area contributed by atoms with Crippen LogP contribution >= 0.6 is 0 Å². The topological polar surface area (TPSA) is 104 Å². The Kier molecular flexibility index (Phi) is 8.37. The summed E-state index contributed by atoms with van der Waals surface area (Å²) >= 11 is 0. The highest BCUT2D eigenvalue weighted by molar-refractivity contribution is 6.02. The quantitative estimate of drug-likeness (QED) is 0.186. The van der Waals surface area contributed by atoms with Crippen molar-refractivity contribution in [2.45, 2.75) is 5.79 Å². The summed E-state index contributed by atoms with van der Waals surface area (Å²) in [7, 11) is 2.78. The Labute approximate surface area is 163 Å². The van der Waals surface area contributed by atoms with Crippen molar-refractivity contribution in [1.29, 1.82) is 0 Å². The van der Waals surface area contributed by atoms with Crippen molar-refractivity contribution in [3.05, 3.63) is 59.7 Å². The normalized spacial score (nSPS) is 11.3. The number of carbonyl (C=O) groups is 1. The van der Waals surface area contributed by atoms with Gasteiger partial charge < -0.3 is 24.1 Å². The number of aliphatic hydroxyl groups is 1. The Balaban J connectivity index is 2.22. The molecule has 2 aromatic carbocycles. The van der Waals surface area contributed by atoms with Crippen molar-refractivity contribution in [1.82, 2.24) is 0 Å². The van der Waals surface area contributed by atoms with Crippen molar-refractivity contribution >= 4 is 5.78 Å². The SMILES string of the molecule is COC(OC)(C(=O)c1ccc(OCCO)cc1)c1ccc(OCCOO)cc1. The summed E-state index contributed by atoms with van der Waals surface area (Å²) in [5.74, 6) is -0.923. The van der Waals surface area contributed by atoms with Gasteiger partial charge >= 0.3 is 0 Å². The van der Waals surface area contributed by atoms with Gasteiger partial charge in [0.25, 0.3) is 5.79 Å². The summed E-state index contributed by atoms with van der Waals surface area (Å²) < 4.78 is 21.7.